The summed E-state index contributed by atoms with van der Waals surface area (Å²) in [6.45, 7) is 3.95. The SMILES string of the molecule is CN1CNNC1CC1(C2CCCC(N3CC4C(CC(CN5CCCCC(F)C5)CC4C(F)(F)F)C3=O)C2)COC1. The predicted molar refractivity (Wildman–Crippen MR) is 142 cm³/mol. The summed E-state index contributed by atoms with van der Waals surface area (Å²) in [4.78, 5) is 20.0. The number of hydrazine groups is 1. The van der Waals surface area contributed by atoms with E-state index in [4.69, 9.17) is 4.74 Å². The number of likely N-dealkylation sites (tertiary alicyclic amines) is 2. The van der Waals surface area contributed by atoms with Crippen LogP contribution in [0.25, 0.3) is 0 Å². The first kappa shape index (κ1) is 29.1. The molecule has 0 radical (unpaired) electrons. The van der Waals surface area contributed by atoms with Gasteiger partial charge in [-0.15, -0.1) is 0 Å². The highest BCUT2D eigenvalue weighted by Crippen LogP contribution is 2.53. The molecule has 6 fully saturated rings. The number of carbonyl (C=O) groups is 1. The fraction of sp³-hybridized carbons (Fsp3) is 0.966. The number of nitrogens with zero attached hydrogens (tertiary/aromatic N) is 3. The number of alkyl halides is 4. The molecule has 0 bridgehead atoms. The van der Waals surface area contributed by atoms with Crippen molar-refractivity contribution >= 4 is 5.91 Å². The molecule has 40 heavy (non-hydrogen) atoms. The first-order valence-corrected chi connectivity index (χ1v) is 15.6. The Bertz CT molecular complexity index is 904. The van der Waals surface area contributed by atoms with E-state index in [1.807, 2.05) is 9.80 Å². The lowest BCUT2D eigenvalue weighted by Gasteiger charge is -2.52. The molecule has 2 saturated carbocycles. The summed E-state index contributed by atoms with van der Waals surface area (Å²) in [6, 6.07) is 0.00644. The number of hydrogen-bond acceptors (Lipinski definition) is 6. The van der Waals surface area contributed by atoms with Crippen molar-refractivity contribution < 1.29 is 27.1 Å². The van der Waals surface area contributed by atoms with Gasteiger partial charge in [-0.05, 0) is 89.1 Å². The Morgan fingerprint density at radius 2 is 1.88 bits per heavy atom. The van der Waals surface area contributed by atoms with Crippen LogP contribution in [0.15, 0.2) is 0 Å². The Morgan fingerprint density at radius 3 is 2.58 bits per heavy atom. The van der Waals surface area contributed by atoms with E-state index >= 15 is 0 Å². The number of fused-ring (bicyclic) bond motifs is 1. The summed E-state index contributed by atoms with van der Waals surface area (Å²) in [5.41, 5.74) is 6.61. The van der Waals surface area contributed by atoms with Crippen LogP contribution in [0.5, 0.6) is 0 Å². The van der Waals surface area contributed by atoms with Crippen molar-refractivity contribution in [3.8, 4) is 0 Å². The van der Waals surface area contributed by atoms with Gasteiger partial charge in [0.2, 0.25) is 5.91 Å². The van der Waals surface area contributed by atoms with E-state index in [9.17, 15) is 22.4 Å². The quantitative estimate of drug-likeness (QED) is 0.472. The highest BCUT2D eigenvalue weighted by molar-refractivity contribution is 5.82. The van der Waals surface area contributed by atoms with E-state index in [1.54, 1.807) is 0 Å². The highest BCUT2D eigenvalue weighted by Gasteiger charge is 2.58. The van der Waals surface area contributed by atoms with Gasteiger partial charge in [0.25, 0.3) is 0 Å². The van der Waals surface area contributed by atoms with Gasteiger partial charge in [0, 0.05) is 37.0 Å². The third-order valence-electron chi connectivity index (χ3n) is 11.3. The minimum Gasteiger partial charge on any atom is -0.380 e. The number of ether oxygens (including phenoxy) is 1. The Hall–Kier alpha value is -1.01. The number of rotatable bonds is 6. The summed E-state index contributed by atoms with van der Waals surface area (Å²) < 4.78 is 63.2. The van der Waals surface area contributed by atoms with Gasteiger partial charge in [-0.3, -0.25) is 9.69 Å². The summed E-state index contributed by atoms with van der Waals surface area (Å²) in [5, 5.41) is 0. The second-order valence-electron chi connectivity index (χ2n) is 13.9. The number of halogens is 4. The van der Waals surface area contributed by atoms with E-state index < -0.39 is 30.1 Å². The minimum atomic E-state index is -4.32. The van der Waals surface area contributed by atoms with E-state index in [2.05, 4.69) is 22.8 Å². The van der Waals surface area contributed by atoms with Gasteiger partial charge in [0.15, 0.2) is 0 Å². The maximum absolute atomic E-state index is 14.4. The summed E-state index contributed by atoms with van der Waals surface area (Å²) in [6.07, 6.45) is 2.54. The lowest BCUT2D eigenvalue weighted by atomic mass is 9.64. The third-order valence-corrected chi connectivity index (χ3v) is 11.3. The standard InChI is InChI=1S/C29H47F4N5O2/c1-36-18-34-35-26(36)12-28(16-40-17-28)20-5-4-7-22(11-20)38-15-24-23(27(38)39)9-19(10-25(24)29(31,32)33)13-37-8-3-2-6-21(30)14-37/h19-26,34-35H,2-18H2,1H3. The summed E-state index contributed by atoms with van der Waals surface area (Å²) in [5.74, 6) is -2.57. The maximum atomic E-state index is 14.4. The van der Waals surface area contributed by atoms with Gasteiger partial charge in [-0.2, -0.15) is 13.2 Å². The first-order chi connectivity index (χ1) is 19.1. The molecule has 4 heterocycles. The van der Waals surface area contributed by atoms with Crippen LogP contribution < -0.4 is 10.9 Å². The van der Waals surface area contributed by atoms with Crippen LogP contribution in [-0.4, -0.2) is 98.3 Å². The van der Waals surface area contributed by atoms with Gasteiger partial charge in [-0.1, -0.05) is 6.42 Å². The van der Waals surface area contributed by atoms with Crippen LogP contribution in [0, 0.1) is 35.0 Å². The van der Waals surface area contributed by atoms with Crippen molar-refractivity contribution in [2.24, 2.45) is 35.0 Å². The zero-order valence-corrected chi connectivity index (χ0v) is 23.8. The van der Waals surface area contributed by atoms with Crippen molar-refractivity contribution in [2.75, 3.05) is 53.1 Å². The van der Waals surface area contributed by atoms with Gasteiger partial charge in [0.05, 0.1) is 32.0 Å². The molecule has 0 spiro atoms. The van der Waals surface area contributed by atoms with Crippen LogP contribution in [0.3, 0.4) is 0 Å². The fourth-order valence-electron chi connectivity index (χ4n) is 9.05. The first-order valence-electron chi connectivity index (χ1n) is 15.6. The average molecular weight is 574 g/mol. The van der Waals surface area contributed by atoms with Crippen molar-refractivity contribution in [1.29, 1.82) is 0 Å². The van der Waals surface area contributed by atoms with E-state index in [0.717, 1.165) is 58.2 Å². The molecule has 8 atom stereocenters. The third kappa shape index (κ3) is 5.79. The van der Waals surface area contributed by atoms with E-state index in [-0.39, 0.29) is 42.4 Å². The molecule has 1 amide bonds. The van der Waals surface area contributed by atoms with Crippen molar-refractivity contribution in [3.05, 3.63) is 0 Å². The van der Waals surface area contributed by atoms with Gasteiger partial charge in [-0.25, -0.2) is 15.2 Å². The Labute approximate surface area is 235 Å². The number of amides is 1. The summed E-state index contributed by atoms with van der Waals surface area (Å²) >= 11 is 0. The van der Waals surface area contributed by atoms with Crippen LogP contribution in [0.2, 0.25) is 0 Å². The molecular weight excluding hydrogens is 526 g/mol. The fourth-order valence-corrected chi connectivity index (χ4v) is 9.05. The van der Waals surface area contributed by atoms with Crippen LogP contribution in [0.4, 0.5) is 17.6 Å². The molecular formula is C29H47F4N5O2. The molecule has 4 saturated heterocycles. The normalized spacial score (nSPS) is 41.5. The maximum Gasteiger partial charge on any atom is 0.392 e. The van der Waals surface area contributed by atoms with Crippen LogP contribution in [0.1, 0.15) is 64.2 Å². The molecule has 8 unspecified atom stereocenters. The molecule has 2 N–H and O–H groups in total. The predicted octanol–water partition coefficient (Wildman–Crippen LogP) is 3.76. The number of carbonyl (C=O) groups excluding carboxylic acids is 1. The van der Waals surface area contributed by atoms with Crippen molar-refractivity contribution in [1.82, 2.24) is 25.6 Å². The minimum absolute atomic E-state index is 0.00644. The molecule has 2 aliphatic carbocycles. The second-order valence-corrected chi connectivity index (χ2v) is 13.9. The molecule has 0 aromatic heterocycles. The van der Waals surface area contributed by atoms with Gasteiger partial charge < -0.3 is 14.5 Å². The highest BCUT2D eigenvalue weighted by atomic mass is 19.4. The lowest BCUT2D eigenvalue weighted by molar-refractivity contribution is -0.204. The zero-order valence-electron chi connectivity index (χ0n) is 23.8. The molecule has 4 aliphatic heterocycles. The molecule has 7 nitrogen and oxygen atoms in total. The largest absolute Gasteiger partial charge is 0.392 e. The van der Waals surface area contributed by atoms with Gasteiger partial charge >= 0.3 is 6.18 Å². The smallest absolute Gasteiger partial charge is 0.380 e. The Morgan fingerprint density at radius 1 is 1.05 bits per heavy atom. The van der Waals surface area contributed by atoms with Gasteiger partial charge in [0.1, 0.15) is 6.17 Å². The van der Waals surface area contributed by atoms with Crippen LogP contribution in [-0.2, 0) is 9.53 Å². The monoisotopic (exact) mass is 573 g/mol. The Balaban J connectivity index is 1.14. The molecule has 6 rings (SSSR count). The molecule has 6 aliphatic rings. The zero-order chi connectivity index (χ0) is 28.1. The Kier molecular flexibility index (Phi) is 8.42. The average Bonchev–Trinajstić information content (AvgIpc) is 3.37. The molecule has 0 aromatic rings. The van der Waals surface area contributed by atoms with Crippen LogP contribution >= 0.6 is 0 Å². The van der Waals surface area contributed by atoms with E-state index in [1.165, 1.54) is 0 Å². The van der Waals surface area contributed by atoms with Crippen molar-refractivity contribution in [3.63, 3.8) is 0 Å². The molecule has 228 valence electrons. The number of hydrogen-bond donors (Lipinski definition) is 2. The molecule has 0 aromatic carbocycles. The second kappa shape index (κ2) is 11.6. The van der Waals surface area contributed by atoms with Crippen molar-refractivity contribution in [2.45, 2.75) is 88.8 Å². The number of nitrogens with one attached hydrogen (secondary N) is 2. The van der Waals surface area contributed by atoms with E-state index in [0.29, 0.717) is 45.1 Å². The summed E-state index contributed by atoms with van der Waals surface area (Å²) in [7, 11) is 2.09. The molecule has 11 heteroatoms. The lowest BCUT2D eigenvalue weighted by Crippen LogP contribution is -2.56. The topological polar surface area (TPSA) is 60.1 Å².